The van der Waals surface area contributed by atoms with Gasteiger partial charge in [0, 0.05) is 18.2 Å². The highest BCUT2D eigenvalue weighted by molar-refractivity contribution is 5.94. The quantitative estimate of drug-likeness (QED) is 0.876. The Morgan fingerprint density at radius 2 is 2.16 bits per heavy atom. The summed E-state index contributed by atoms with van der Waals surface area (Å²) in [7, 11) is 0. The van der Waals surface area contributed by atoms with Crippen molar-refractivity contribution in [2.45, 2.75) is 26.3 Å². The van der Waals surface area contributed by atoms with Crippen LogP contribution in [-0.4, -0.2) is 25.0 Å². The average Bonchev–Trinajstić information content (AvgIpc) is 2.31. The SMILES string of the molecule is Cc1cc(F)cc(C(=O)NC2CNCCC2C)c1.Cl. The normalized spacial score (nSPS) is 22.5. The second-order valence-corrected chi connectivity index (χ2v) is 5.07. The second-order valence-electron chi connectivity index (χ2n) is 5.07. The maximum atomic E-state index is 13.3. The van der Waals surface area contributed by atoms with Crippen LogP contribution >= 0.6 is 12.4 Å². The highest BCUT2D eigenvalue weighted by atomic mass is 35.5. The van der Waals surface area contributed by atoms with Gasteiger partial charge in [-0.3, -0.25) is 4.79 Å². The lowest BCUT2D eigenvalue weighted by atomic mass is 9.94. The third-order valence-electron chi connectivity index (χ3n) is 3.45. The molecule has 5 heteroatoms. The fourth-order valence-corrected chi connectivity index (χ4v) is 2.30. The van der Waals surface area contributed by atoms with Gasteiger partial charge in [-0.25, -0.2) is 4.39 Å². The number of halogens is 2. The summed E-state index contributed by atoms with van der Waals surface area (Å²) in [4.78, 5) is 12.1. The van der Waals surface area contributed by atoms with Crippen LogP contribution in [0.2, 0.25) is 0 Å². The molecule has 0 aliphatic carbocycles. The van der Waals surface area contributed by atoms with Crippen molar-refractivity contribution in [1.82, 2.24) is 10.6 Å². The van der Waals surface area contributed by atoms with Crippen molar-refractivity contribution < 1.29 is 9.18 Å². The maximum absolute atomic E-state index is 13.3. The Morgan fingerprint density at radius 1 is 1.42 bits per heavy atom. The predicted octanol–water partition coefficient (Wildman–Crippen LogP) is 2.28. The van der Waals surface area contributed by atoms with E-state index in [1.54, 1.807) is 13.0 Å². The third-order valence-corrected chi connectivity index (χ3v) is 3.45. The first kappa shape index (κ1) is 15.9. The average molecular weight is 287 g/mol. The van der Waals surface area contributed by atoms with E-state index in [-0.39, 0.29) is 30.2 Å². The van der Waals surface area contributed by atoms with E-state index >= 15 is 0 Å². The van der Waals surface area contributed by atoms with Crippen LogP contribution in [0.3, 0.4) is 0 Å². The van der Waals surface area contributed by atoms with Crippen LogP contribution in [0.25, 0.3) is 0 Å². The molecule has 2 atom stereocenters. The van der Waals surface area contributed by atoms with E-state index < -0.39 is 0 Å². The molecule has 0 bridgehead atoms. The van der Waals surface area contributed by atoms with Crippen LogP contribution in [0.5, 0.6) is 0 Å². The lowest BCUT2D eigenvalue weighted by Crippen LogP contribution is -2.50. The molecule has 1 aromatic rings. The number of hydrogen-bond acceptors (Lipinski definition) is 2. The van der Waals surface area contributed by atoms with Gasteiger partial charge in [-0.15, -0.1) is 12.4 Å². The summed E-state index contributed by atoms with van der Waals surface area (Å²) in [6.45, 7) is 5.68. The van der Waals surface area contributed by atoms with Crippen molar-refractivity contribution in [2.75, 3.05) is 13.1 Å². The number of aryl methyl sites for hydroxylation is 1. The van der Waals surface area contributed by atoms with Crippen LogP contribution in [0.1, 0.15) is 29.3 Å². The topological polar surface area (TPSA) is 41.1 Å². The summed E-state index contributed by atoms with van der Waals surface area (Å²) in [5.41, 5.74) is 1.15. The molecule has 1 heterocycles. The Hall–Kier alpha value is -1.13. The van der Waals surface area contributed by atoms with E-state index in [1.165, 1.54) is 12.1 Å². The largest absolute Gasteiger partial charge is 0.348 e. The number of benzene rings is 1. The highest BCUT2D eigenvalue weighted by Crippen LogP contribution is 2.13. The van der Waals surface area contributed by atoms with Gasteiger partial charge in [0.1, 0.15) is 5.82 Å². The van der Waals surface area contributed by atoms with E-state index in [2.05, 4.69) is 17.6 Å². The first-order valence-corrected chi connectivity index (χ1v) is 6.35. The summed E-state index contributed by atoms with van der Waals surface area (Å²) in [6.07, 6.45) is 1.05. The van der Waals surface area contributed by atoms with Crippen molar-refractivity contribution in [2.24, 2.45) is 5.92 Å². The Morgan fingerprint density at radius 3 is 2.79 bits per heavy atom. The smallest absolute Gasteiger partial charge is 0.251 e. The minimum atomic E-state index is -0.366. The molecule has 1 aliphatic heterocycles. The van der Waals surface area contributed by atoms with E-state index in [0.29, 0.717) is 11.5 Å². The monoisotopic (exact) mass is 286 g/mol. The van der Waals surface area contributed by atoms with Crippen LogP contribution in [0, 0.1) is 18.7 Å². The number of amides is 1. The van der Waals surface area contributed by atoms with Gasteiger partial charge in [0.25, 0.3) is 5.91 Å². The molecule has 0 spiro atoms. The van der Waals surface area contributed by atoms with Gasteiger partial charge >= 0.3 is 0 Å². The molecule has 0 radical (unpaired) electrons. The van der Waals surface area contributed by atoms with Crippen LogP contribution in [0.15, 0.2) is 18.2 Å². The number of rotatable bonds is 2. The summed E-state index contributed by atoms with van der Waals surface area (Å²) in [6, 6.07) is 4.53. The Balaban J connectivity index is 0.00000180. The first-order chi connectivity index (χ1) is 8.56. The third kappa shape index (κ3) is 4.18. The van der Waals surface area contributed by atoms with Gasteiger partial charge in [0.2, 0.25) is 0 Å². The van der Waals surface area contributed by atoms with E-state index in [4.69, 9.17) is 0 Å². The Kier molecular flexibility index (Phi) is 5.76. The summed E-state index contributed by atoms with van der Waals surface area (Å²) in [5.74, 6) is -0.113. The number of nitrogens with one attached hydrogen (secondary N) is 2. The molecule has 2 N–H and O–H groups in total. The van der Waals surface area contributed by atoms with Gasteiger partial charge in [-0.2, -0.15) is 0 Å². The molecule has 1 amide bonds. The second kappa shape index (κ2) is 6.87. The number of carbonyl (C=O) groups excluding carboxylic acids is 1. The van der Waals surface area contributed by atoms with Crippen molar-refractivity contribution in [3.8, 4) is 0 Å². The van der Waals surface area contributed by atoms with Gasteiger partial charge in [0.15, 0.2) is 0 Å². The number of hydrogen-bond donors (Lipinski definition) is 2. The molecule has 106 valence electrons. The van der Waals surface area contributed by atoms with Gasteiger partial charge < -0.3 is 10.6 Å². The summed E-state index contributed by atoms with van der Waals surface area (Å²) >= 11 is 0. The van der Waals surface area contributed by atoms with Crippen molar-refractivity contribution in [3.05, 3.63) is 35.1 Å². The molecule has 1 fully saturated rings. The lowest BCUT2D eigenvalue weighted by Gasteiger charge is -2.30. The number of carbonyl (C=O) groups is 1. The molecule has 1 aromatic carbocycles. The molecule has 2 rings (SSSR count). The van der Waals surface area contributed by atoms with Crippen LogP contribution in [0.4, 0.5) is 4.39 Å². The van der Waals surface area contributed by atoms with E-state index in [1.807, 2.05) is 0 Å². The Labute approximate surface area is 119 Å². The van der Waals surface area contributed by atoms with Crippen molar-refractivity contribution >= 4 is 18.3 Å². The fourth-order valence-electron chi connectivity index (χ4n) is 2.30. The van der Waals surface area contributed by atoms with Crippen LogP contribution in [-0.2, 0) is 0 Å². The van der Waals surface area contributed by atoms with Gasteiger partial charge in [-0.05, 0) is 49.6 Å². The molecule has 0 aromatic heterocycles. The first-order valence-electron chi connectivity index (χ1n) is 6.35. The van der Waals surface area contributed by atoms with E-state index in [9.17, 15) is 9.18 Å². The molecular formula is C14H20ClFN2O. The summed E-state index contributed by atoms with van der Waals surface area (Å²) < 4.78 is 13.3. The zero-order valence-electron chi connectivity index (χ0n) is 11.2. The molecule has 1 saturated heterocycles. The van der Waals surface area contributed by atoms with Gasteiger partial charge in [0.05, 0.1) is 0 Å². The van der Waals surface area contributed by atoms with E-state index in [0.717, 1.165) is 25.1 Å². The molecule has 1 aliphatic rings. The zero-order chi connectivity index (χ0) is 13.1. The maximum Gasteiger partial charge on any atom is 0.251 e. The molecule has 0 saturated carbocycles. The highest BCUT2D eigenvalue weighted by Gasteiger charge is 2.23. The minimum Gasteiger partial charge on any atom is -0.348 e. The molecule has 19 heavy (non-hydrogen) atoms. The lowest BCUT2D eigenvalue weighted by molar-refractivity contribution is 0.0914. The minimum absolute atomic E-state index is 0. The summed E-state index contributed by atoms with van der Waals surface area (Å²) in [5, 5.41) is 6.23. The van der Waals surface area contributed by atoms with Crippen LogP contribution < -0.4 is 10.6 Å². The predicted molar refractivity (Wildman–Crippen MR) is 76.3 cm³/mol. The standard InChI is InChI=1S/C14H19FN2O.ClH/c1-9-5-11(7-12(15)6-9)14(18)17-13-8-16-4-3-10(13)2;/h5-7,10,13,16H,3-4,8H2,1-2H3,(H,17,18);1H. The van der Waals surface area contributed by atoms with Gasteiger partial charge in [-0.1, -0.05) is 6.92 Å². The van der Waals surface area contributed by atoms with Crippen molar-refractivity contribution in [3.63, 3.8) is 0 Å². The zero-order valence-corrected chi connectivity index (χ0v) is 12.0. The number of piperidine rings is 1. The van der Waals surface area contributed by atoms with Crippen molar-refractivity contribution in [1.29, 1.82) is 0 Å². The molecular weight excluding hydrogens is 267 g/mol. The fraction of sp³-hybridized carbons (Fsp3) is 0.500. The Bertz CT molecular complexity index is 433. The molecule has 3 nitrogen and oxygen atoms in total. The molecule has 2 unspecified atom stereocenters.